The van der Waals surface area contributed by atoms with Crippen LogP contribution in [-0.4, -0.2) is 37.9 Å². The average Bonchev–Trinajstić information content (AvgIpc) is 3.18. The summed E-state index contributed by atoms with van der Waals surface area (Å²) in [7, 11) is 0. The molecule has 1 saturated heterocycles. The first-order valence-electron chi connectivity index (χ1n) is 7.76. The molecule has 0 saturated carbocycles. The van der Waals surface area contributed by atoms with E-state index in [1.165, 1.54) is 5.69 Å². The van der Waals surface area contributed by atoms with E-state index in [4.69, 9.17) is 4.52 Å². The van der Waals surface area contributed by atoms with Gasteiger partial charge in [-0.3, -0.25) is 9.58 Å². The first-order chi connectivity index (χ1) is 11.1. The molecule has 23 heavy (non-hydrogen) atoms. The van der Waals surface area contributed by atoms with Crippen LogP contribution in [0.25, 0.3) is 10.7 Å². The lowest BCUT2D eigenvalue weighted by Gasteiger charge is -2.42. The molecule has 6 nitrogen and oxygen atoms in total. The summed E-state index contributed by atoms with van der Waals surface area (Å²) in [6, 6.07) is 6.69. The van der Waals surface area contributed by atoms with Crippen molar-refractivity contribution in [3.05, 3.63) is 40.9 Å². The molecule has 0 unspecified atom stereocenters. The zero-order chi connectivity index (χ0) is 16.0. The summed E-state index contributed by atoms with van der Waals surface area (Å²) in [6.07, 6.45) is 0. The van der Waals surface area contributed by atoms with Crippen LogP contribution < -0.4 is 0 Å². The summed E-state index contributed by atoms with van der Waals surface area (Å²) in [5.41, 5.74) is 2.30. The average molecular weight is 329 g/mol. The lowest BCUT2D eigenvalue weighted by Crippen LogP contribution is -2.49. The van der Waals surface area contributed by atoms with Crippen LogP contribution in [0.3, 0.4) is 0 Å². The van der Waals surface area contributed by atoms with Crippen molar-refractivity contribution >= 4 is 11.3 Å². The van der Waals surface area contributed by atoms with E-state index < -0.39 is 0 Å². The van der Waals surface area contributed by atoms with Crippen LogP contribution in [-0.2, 0) is 0 Å². The van der Waals surface area contributed by atoms with Crippen molar-refractivity contribution in [2.45, 2.75) is 32.9 Å². The van der Waals surface area contributed by atoms with Gasteiger partial charge in [0, 0.05) is 18.8 Å². The summed E-state index contributed by atoms with van der Waals surface area (Å²) >= 11 is 1.62. The van der Waals surface area contributed by atoms with E-state index in [0.717, 1.165) is 23.7 Å². The molecular formula is C16H19N5OS. The molecule has 0 aliphatic carbocycles. The van der Waals surface area contributed by atoms with E-state index >= 15 is 0 Å². The van der Waals surface area contributed by atoms with Crippen molar-refractivity contribution in [2.75, 3.05) is 13.1 Å². The predicted octanol–water partition coefficient (Wildman–Crippen LogP) is 3.23. The van der Waals surface area contributed by atoms with Crippen molar-refractivity contribution in [1.82, 2.24) is 24.8 Å². The van der Waals surface area contributed by atoms with Crippen LogP contribution in [0.5, 0.6) is 0 Å². The van der Waals surface area contributed by atoms with Gasteiger partial charge in [0.05, 0.1) is 22.7 Å². The maximum Gasteiger partial charge on any atom is 0.244 e. The van der Waals surface area contributed by atoms with Gasteiger partial charge in [0.25, 0.3) is 0 Å². The van der Waals surface area contributed by atoms with Crippen LogP contribution in [0.4, 0.5) is 0 Å². The number of hydrogen-bond acceptors (Lipinski definition) is 6. The van der Waals surface area contributed by atoms with Crippen LogP contribution >= 0.6 is 11.3 Å². The first-order valence-corrected chi connectivity index (χ1v) is 8.64. The third-order valence-corrected chi connectivity index (χ3v) is 5.24. The quantitative estimate of drug-likeness (QED) is 0.735. The predicted molar refractivity (Wildman–Crippen MR) is 88.3 cm³/mol. The number of hydrogen-bond donors (Lipinski definition) is 0. The van der Waals surface area contributed by atoms with Gasteiger partial charge in [-0.15, -0.1) is 11.3 Å². The summed E-state index contributed by atoms with van der Waals surface area (Å²) in [4.78, 5) is 7.92. The second kappa shape index (κ2) is 5.58. The van der Waals surface area contributed by atoms with Crippen LogP contribution in [0.15, 0.2) is 28.1 Å². The van der Waals surface area contributed by atoms with Crippen LogP contribution in [0.2, 0.25) is 0 Å². The first kappa shape index (κ1) is 14.6. The van der Waals surface area contributed by atoms with Crippen molar-refractivity contribution in [3.8, 4) is 10.7 Å². The van der Waals surface area contributed by atoms with Gasteiger partial charge >= 0.3 is 0 Å². The highest BCUT2D eigenvalue weighted by Crippen LogP contribution is 2.32. The number of aromatic nitrogens is 4. The minimum Gasteiger partial charge on any atom is -0.337 e. The smallest absolute Gasteiger partial charge is 0.244 e. The largest absolute Gasteiger partial charge is 0.337 e. The standard InChI is InChI=1S/C16H19N5OS/c1-10-7-11(2)21(18-10)13-8-20(9-13)12(3)16-17-15(19-22-16)14-5-4-6-23-14/h4-7,12-13H,8-9H2,1-3H3/t12-/m1/s1. The van der Waals surface area contributed by atoms with Gasteiger partial charge in [-0.2, -0.15) is 10.1 Å². The van der Waals surface area contributed by atoms with E-state index in [1.807, 2.05) is 24.4 Å². The third kappa shape index (κ3) is 2.60. The zero-order valence-electron chi connectivity index (χ0n) is 13.4. The lowest BCUT2D eigenvalue weighted by atomic mass is 10.1. The van der Waals surface area contributed by atoms with Gasteiger partial charge in [0.1, 0.15) is 0 Å². The number of aryl methyl sites for hydroxylation is 2. The van der Waals surface area contributed by atoms with Crippen LogP contribution in [0, 0.1) is 13.8 Å². The number of thiophene rings is 1. The van der Waals surface area contributed by atoms with Gasteiger partial charge < -0.3 is 4.52 Å². The summed E-state index contributed by atoms with van der Waals surface area (Å²) < 4.78 is 7.59. The Morgan fingerprint density at radius 3 is 2.83 bits per heavy atom. The molecule has 3 aromatic rings. The minimum atomic E-state index is 0.129. The molecule has 0 bridgehead atoms. The Balaban J connectivity index is 1.43. The number of rotatable bonds is 4. The van der Waals surface area contributed by atoms with Gasteiger partial charge in [-0.05, 0) is 38.3 Å². The molecule has 0 N–H and O–H groups in total. The Morgan fingerprint density at radius 1 is 1.35 bits per heavy atom. The lowest BCUT2D eigenvalue weighted by molar-refractivity contribution is 0.0445. The molecule has 120 valence electrons. The molecule has 1 aliphatic rings. The monoisotopic (exact) mass is 329 g/mol. The maximum atomic E-state index is 5.46. The second-order valence-electron chi connectivity index (χ2n) is 6.09. The van der Waals surface area contributed by atoms with Crippen molar-refractivity contribution in [1.29, 1.82) is 0 Å². The van der Waals surface area contributed by atoms with Crippen molar-refractivity contribution < 1.29 is 4.52 Å². The molecule has 0 spiro atoms. The summed E-state index contributed by atoms with van der Waals surface area (Å²) in [5.74, 6) is 1.36. The number of nitrogens with zero attached hydrogens (tertiary/aromatic N) is 5. The second-order valence-corrected chi connectivity index (χ2v) is 7.04. The molecule has 0 aromatic carbocycles. The minimum absolute atomic E-state index is 0.129. The Morgan fingerprint density at radius 2 is 2.17 bits per heavy atom. The molecule has 1 fully saturated rings. The molecular weight excluding hydrogens is 310 g/mol. The molecule has 0 radical (unpaired) electrons. The highest BCUT2D eigenvalue weighted by atomic mass is 32.1. The molecule has 1 atom stereocenters. The fourth-order valence-electron chi connectivity index (χ4n) is 3.04. The number of likely N-dealkylation sites (tertiary alicyclic amines) is 1. The molecule has 4 rings (SSSR count). The summed E-state index contributed by atoms with van der Waals surface area (Å²) in [6.45, 7) is 8.17. The van der Waals surface area contributed by atoms with Crippen LogP contribution in [0.1, 0.15) is 36.3 Å². The van der Waals surface area contributed by atoms with Gasteiger partial charge in [-0.25, -0.2) is 0 Å². The van der Waals surface area contributed by atoms with Gasteiger partial charge in [0.15, 0.2) is 0 Å². The van der Waals surface area contributed by atoms with Crippen molar-refractivity contribution in [3.63, 3.8) is 0 Å². The normalized spacial score (nSPS) is 17.3. The van der Waals surface area contributed by atoms with Crippen molar-refractivity contribution in [2.24, 2.45) is 0 Å². The zero-order valence-corrected chi connectivity index (χ0v) is 14.2. The fourth-order valence-corrected chi connectivity index (χ4v) is 3.69. The molecule has 0 amide bonds. The Hall–Kier alpha value is -1.99. The Labute approximate surface area is 138 Å². The van der Waals surface area contributed by atoms with E-state index in [-0.39, 0.29) is 6.04 Å². The molecule has 7 heteroatoms. The Bertz CT molecular complexity index is 800. The topological polar surface area (TPSA) is 60.0 Å². The van der Waals surface area contributed by atoms with E-state index in [2.05, 4.69) is 44.7 Å². The molecule has 4 heterocycles. The Kier molecular flexibility index (Phi) is 3.54. The van der Waals surface area contributed by atoms with Gasteiger partial charge in [-0.1, -0.05) is 11.2 Å². The van der Waals surface area contributed by atoms with E-state index in [1.54, 1.807) is 11.3 Å². The van der Waals surface area contributed by atoms with E-state index in [9.17, 15) is 0 Å². The fraction of sp³-hybridized carbons (Fsp3) is 0.438. The maximum absolute atomic E-state index is 5.46. The summed E-state index contributed by atoms with van der Waals surface area (Å²) in [5, 5.41) is 10.7. The highest BCUT2D eigenvalue weighted by Gasteiger charge is 2.35. The SMILES string of the molecule is Cc1cc(C)n(C2CN([C@H](C)c3nc(-c4cccs4)no3)C2)n1. The molecule has 1 aliphatic heterocycles. The van der Waals surface area contributed by atoms with Gasteiger partial charge in [0.2, 0.25) is 11.7 Å². The highest BCUT2D eigenvalue weighted by molar-refractivity contribution is 7.13. The third-order valence-electron chi connectivity index (χ3n) is 4.37. The van der Waals surface area contributed by atoms with E-state index in [0.29, 0.717) is 17.8 Å². The molecule has 3 aromatic heterocycles.